The van der Waals surface area contributed by atoms with Gasteiger partial charge in [0.2, 0.25) is 5.91 Å². The summed E-state index contributed by atoms with van der Waals surface area (Å²) in [6.45, 7) is -0.0161. The maximum Gasteiger partial charge on any atom is 0.245 e. The number of anilines is 1. The average molecular weight is 256 g/mol. The Labute approximate surface area is 111 Å². The maximum atomic E-state index is 12.0. The molecule has 1 atom stereocenters. The number of nitrogens with one attached hydrogen (secondary N) is 1. The zero-order valence-electron chi connectivity index (χ0n) is 10.4. The lowest BCUT2D eigenvalue weighted by molar-refractivity contribution is -0.117. The number of aliphatic hydroxyl groups is 1. The predicted molar refractivity (Wildman–Crippen MR) is 74.4 cm³/mol. The van der Waals surface area contributed by atoms with Gasteiger partial charge in [-0.2, -0.15) is 0 Å². The monoisotopic (exact) mass is 256 g/mol. The average Bonchev–Trinajstić information content (AvgIpc) is 2.48. The Kier molecular flexibility index (Phi) is 4.28. The molecule has 1 amide bonds. The van der Waals surface area contributed by atoms with Crippen LogP contribution >= 0.6 is 0 Å². The number of carbonyl (C=O) groups excluding carboxylic acids is 1. The van der Waals surface area contributed by atoms with Crippen molar-refractivity contribution >= 4 is 11.6 Å². The smallest absolute Gasteiger partial charge is 0.245 e. The summed E-state index contributed by atoms with van der Waals surface area (Å²) in [4.78, 5) is 12.0. The van der Waals surface area contributed by atoms with Gasteiger partial charge in [0.25, 0.3) is 0 Å². The second-order valence-corrected chi connectivity index (χ2v) is 4.23. The van der Waals surface area contributed by atoms with E-state index in [-0.39, 0.29) is 12.5 Å². The number of benzene rings is 2. The summed E-state index contributed by atoms with van der Waals surface area (Å²) in [5.74, 6) is -0.261. The van der Waals surface area contributed by atoms with Gasteiger partial charge in [-0.1, -0.05) is 42.5 Å². The second-order valence-electron chi connectivity index (χ2n) is 4.23. The molecule has 0 aliphatic rings. The molecular formula is C15H16N2O2. The molecule has 0 heterocycles. The molecule has 2 rings (SSSR count). The van der Waals surface area contributed by atoms with Crippen LogP contribution in [0.2, 0.25) is 0 Å². The van der Waals surface area contributed by atoms with E-state index in [4.69, 9.17) is 10.8 Å². The number of aliphatic hydroxyl groups excluding tert-OH is 1. The summed E-state index contributed by atoms with van der Waals surface area (Å²) < 4.78 is 0. The van der Waals surface area contributed by atoms with Crippen LogP contribution in [-0.2, 0) is 11.4 Å². The third-order valence-corrected chi connectivity index (χ3v) is 2.85. The minimum absolute atomic E-state index is 0.0161. The molecule has 0 spiro atoms. The molecule has 19 heavy (non-hydrogen) atoms. The van der Waals surface area contributed by atoms with E-state index in [9.17, 15) is 4.79 Å². The Balaban J connectivity index is 2.04. The van der Waals surface area contributed by atoms with Gasteiger partial charge in [-0.25, -0.2) is 0 Å². The fraction of sp³-hybridized carbons (Fsp3) is 0.133. The van der Waals surface area contributed by atoms with E-state index >= 15 is 0 Å². The van der Waals surface area contributed by atoms with E-state index < -0.39 is 6.04 Å². The highest BCUT2D eigenvalue weighted by Crippen LogP contribution is 2.14. The number of hydrogen-bond acceptors (Lipinski definition) is 3. The molecule has 0 fully saturated rings. The molecule has 4 N–H and O–H groups in total. The Morgan fingerprint density at radius 2 is 1.74 bits per heavy atom. The number of hydrogen-bond donors (Lipinski definition) is 3. The van der Waals surface area contributed by atoms with E-state index in [1.807, 2.05) is 30.3 Å². The molecule has 0 saturated heterocycles. The van der Waals surface area contributed by atoms with Crippen LogP contribution in [0.15, 0.2) is 54.6 Å². The normalized spacial score (nSPS) is 11.9. The summed E-state index contributed by atoms with van der Waals surface area (Å²) in [6.07, 6.45) is 0. The molecule has 2 aromatic rings. The summed E-state index contributed by atoms with van der Waals surface area (Å²) in [6, 6.07) is 15.5. The van der Waals surface area contributed by atoms with Crippen molar-refractivity contribution in [2.24, 2.45) is 5.73 Å². The first-order valence-electron chi connectivity index (χ1n) is 6.02. The van der Waals surface area contributed by atoms with Gasteiger partial charge in [-0.3, -0.25) is 4.79 Å². The fourth-order valence-electron chi connectivity index (χ4n) is 1.73. The number of carbonyl (C=O) groups is 1. The van der Waals surface area contributed by atoms with Gasteiger partial charge in [0.05, 0.1) is 6.61 Å². The summed E-state index contributed by atoms with van der Waals surface area (Å²) in [5, 5.41) is 11.7. The lowest BCUT2D eigenvalue weighted by atomic mass is 10.1. The molecule has 98 valence electrons. The van der Waals surface area contributed by atoms with Crippen LogP contribution in [0.4, 0.5) is 5.69 Å². The number of nitrogens with two attached hydrogens (primary N) is 1. The molecule has 0 aromatic heterocycles. The molecule has 0 radical (unpaired) electrons. The van der Waals surface area contributed by atoms with Crippen LogP contribution in [0, 0.1) is 0 Å². The fourth-order valence-corrected chi connectivity index (χ4v) is 1.73. The van der Waals surface area contributed by atoms with Crippen molar-refractivity contribution in [3.8, 4) is 0 Å². The van der Waals surface area contributed by atoms with E-state index in [0.29, 0.717) is 5.69 Å². The van der Waals surface area contributed by atoms with Gasteiger partial charge in [-0.05, 0) is 23.3 Å². The largest absolute Gasteiger partial charge is 0.392 e. The summed E-state index contributed by atoms with van der Waals surface area (Å²) >= 11 is 0. The SMILES string of the molecule is NC(C(=O)Nc1ccc(CO)cc1)c1ccccc1. The maximum absolute atomic E-state index is 12.0. The topological polar surface area (TPSA) is 75.4 Å². The lowest BCUT2D eigenvalue weighted by Gasteiger charge is -2.12. The lowest BCUT2D eigenvalue weighted by Crippen LogP contribution is -2.27. The molecule has 4 nitrogen and oxygen atoms in total. The van der Waals surface area contributed by atoms with Crippen molar-refractivity contribution in [3.05, 3.63) is 65.7 Å². The summed E-state index contributed by atoms with van der Waals surface area (Å²) in [7, 11) is 0. The minimum Gasteiger partial charge on any atom is -0.392 e. The molecule has 1 unspecified atom stereocenters. The Morgan fingerprint density at radius 1 is 1.11 bits per heavy atom. The van der Waals surface area contributed by atoms with Gasteiger partial charge >= 0.3 is 0 Å². The molecule has 4 heteroatoms. The second kappa shape index (κ2) is 6.13. The van der Waals surface area contributed by atoms with Crippen LogP contribution in [0.3, 0.4) is 0 Å². The predicted octanol–water partition coefficient (Wildman–Crippen LogP) is 1.82. The highest BCUT2D eigenvalue weighted by Gasteiger charge is 2.15. The molecule has 0 aliphatic carbocycles. The van der Waals surface area contributed by atoms with E-state index in [1.165, 1.54) is 0 Å². The third kappa shape index (κ3) is 3.40. The molecule has 2 aromatic carbocycles. The van der Waals surface area contributed by atoms with Gasteiger partial charge in [-0.15, -0.1) is 0 Å². The number of amides is 1. The van der Waals surface area contributed by atoms with Gasteiger partial charge in [0, 0.05) is 5.69 Å². The molecule has 0 saturated carbocycles. The molecule has 0 aliphatic heterocycles. The first kappa shape index (κ1) is 13.3. The Morgan fingerprint density at radius 3 is 2.32 bits per heavy atom. The van der Waals surface area contributed by atoms with Gasteiger partial charge in [0.1, 0.15) is 6.04 Å². The van der Waals surface area contributed by atoms with Crippen molar-refractivity contribution < 1.29 is 9.90 Å². The highest BCUT2D eigenvalue weighted by atomic mass is 16.3. The van der Waals surface area contributed by atoms with Gasteiger partial charge < -0.3 is 16.2 Å². The minimum atomic E-state index is -0.696. The van der Waals surface area contributed by atoms with Crippen molar-refractivity contribution in [2.75, 3.05) is 5.32 Å². The third-order valence-electron chi connectivity index (χ3n) is 2.85. The zero-order valence-corrected chi connectivity index (χ0v) is 10.4. The highest BCUT2D eigenvalue weighted by molar-refractivity contribution is 5.95. The zero-order chi connectivity index (χ0) is 13.7. The molecular weight excluding hydrogens is 240 g/mol. The van der Waals surface area contributed by atoms with Crippen molar-refractivity contribution in [3.63, 3.8) is 0 Å². The van der Waals surface area contributed by atoms with Crippen LogP contribution < -0.4 is 11.1 Å². The molecule has 0 bridgehead atoms. The first-order valence-corrected chi connectivity index (χ1v) is 6.02. The van der Waals surface area contributed by atoms with Crippen molar-refractivity contribution in [1.29, 1.82) is 0 Å². The van der Waals surface area contributed by atoms with E-state index in [1.54, 1.807) is 24.3 Å². The van der Waals surface area contributed by atoms with Crippen LogP contribution in [0.25, 0.3) is 0 Å². The summed E-state index contributed by atoms with van der Waals surface area (Å²) in [5.41, 5.74) is 8.12. The van der Waals surface area contributed by atoms with E-state index in [2.05, 4.69) is 5.32 Å². The van der Waals surface area contributed by atoms with Crippen LogP contribution in [-0.4, -0.2) is 11.0 Å². The van der Waals surface area contributed by atoms with Crippen LogP contribution in [0.5, 0.6) is 0 Å². The standard InChI is InChI=1S/C15H16N2O2/c16-14(12-4-2-1-3-5-12)15(19)17-13-8-6-11(10-18)7-9-13/h1-9,14,18H,10,16H2,(H,17,19). The van der Waals surface area contributed by atoms with Crippen molar-refractivity contribution in [2.45, 2.75) is 12.6 Å². The number of rotatable bonds is 4. The van der Waals surface area contributed by atoms with Gasteiger partial charge in [0.15, 0.2) is 0 Å². The first-order chi connectivity index (χ1) is 9.20. The Bertz CT molecular complexity index is 538. The van der Waals surface area contributed by atoms with E-state index in [0.717, 1.165) is 11.1 Å². The van der Waals surface area contributed by atoms with Crippen LogP contribution in [0.1, 0.15) is 17.2 Å². The Hall–Kier alpha value is -2.17. The quantitative estimate of drug-likeness (QED) is 0.781. The van der Waals surface area contributed by atoms with Crippen molar-refractivity contribution in [1.82, 2.24) is 0 Å².